The molecule has 0 bridgehead atoms. The third-order valence-corrected chi connectivity index (χ3v) is 3.88. The summed E-state index contributed by atoms with van der Waals surface area (Å²) >= 11 is 3.54. The van der Waals surface area contributed by atoms with Crippen molar-refractivity contribution in [3.8, 4) is 11.5 Å². The summed E-state index contributed by atoms with van der Waals surface area (Å²) in [5.41, 5.74) is 0.893. The molecule has 5 heteroatoms. The van der Waals surface area contributed by atoms with Crippen molar-refractivity contribution < 1.29 is 14.2 Å². The normalized spacial score (nSPS) is 14.3. The zero-order chi connectivity index (χ0) is 13.9. The predicted octanol–water partition coefficient (Wildman–Crippen LogP) is 3.45. The van der Waals surface area contributed by atoms with Gasteiger partial charge in [-0.15, -0.1) is 0 Å². The van der Waals surface area contributed by atoms with E-state index in [2.05, 4.69) is 35.1 Å². The van der Waals surface area contributed by atoms with E-state index < -0.39 is 0 Å². The van der Waals surface area contributed by atoms with Crippen LogP contribution in [0.15, 0.2) is 16.6 Å². The van der Waals surface area contributed by atoms with Gasteiger partial charge in [-0.1, -0.05) is 0 Å². The Morgan fingerprint density at radius 1 is 1.26 bits per heavy atom. The molecule has 0 amide bonds. The van der Waals surface area contributed by atoms with E-state index in [1.807, 2.05) is 12.1 Å². The molecule has 1 aromatic rings. The van der Waals surface area contributed by atoms with Crippen LogP contribution in [0, 0.1) is 0 Å². The summed E-state index contributed by atoms with van der Waals surface area (Å²) in [4.78, 5) is 0. The highest BCUT2D eigenvalue weighted by molar-refractivity contribution is 9.10. The minimum Gasteiger partial charge on any atom is -0.486 e. The molecule has 1 aromatic carbocycles. The molecule has 0 saturated heterocycles. The van der Waals surface area contributed by atoms with Gasteiger partial charge in [0.05, 0.1) is 11.3 Å². The van der Waals surface area contributed by atoms with Gasteiger partial charge in [0.25, 0.3) is 0 Å². The molecule has 106 valence electrons. The van der Waals surface area contributed by atoms with Crippen molar-refractivity contribution in [3.63, 3.8) is 0 Å². The molecule has 0 fully saturated rings. The van der Waals surface area contributed by atoms with Gasteiger partial charge in [-0.3, -0.25) is 0 Å². The second-order valence-corrected chi connectivity index (χ2v) is 5.97. The van der Waals surface area contributed by atoms with Gasteiger partial charge in [0.15, 0.2) is 11.5 Å². The highest BCUT2D eigenvalue weighted by atomic mass is 79.9. The first-order valence-corrected chi connectivity index (χ1v) is 7.19. The van der Waals surface area contributed by atoms with E-state index in [9.17, 15) is 0 Å². The van der Waals surface area contributed by atoms with E-state index in [-0.39, 0.29) is 5.60 Å². The summed E-state index contributed by atoms with van der Waals surface area (Å²) in [6, 6.07) is 3.91. The third-order valence-electron chi connectivity index (χ3n) is 3.23. The average molecular weight is 330 g/mol. The minimum absolute atomic E-state index is 0.118. The monoisotopic (exact) mass is 329 g/mol. The van der Waals surface area contributed by atoms with Crippen molar-refractivity contribution in [1.82, 2.24) is 0 Å². The molecular weight excluding hydrogens is 310 g/mol. The van der Waals surface area contributed by atoms with Gasteiger partial charge in [-0.2, -0.15) is 0 Å². The molecule has 1 N–H and O–H groups in total. The lowest BCUT2D eigenvalue weighted by Gasteiger charge is -2.24. The van der Waals surface area contributed by atoms with Crippen LogP contribution in [0.1, 0.15) is 20.3 Å². The van der Waals surface area contributed by atoms with Crippen LogP contribution in [0.3, 0.4) is 0 Å². The number of anilines is 1. The van der Waals surface area contributed by atoms with E-state index in [0.717, 1.165) is 34.6 Å². The number of methoxy groups -OCH3 is 1. The topological polar surface area (TPSA) is 39.7 Å². The highest BCUT2D eigenvalue weighted by Gasteiger charge is 2.17. The maximum Gasteiger partial charge on any atom is 0.163 e. The van der Waals surface area contributed by atoms with Crippen molar-refractivity contribution in [3.05, 3.63) is 16.6 Å². The standard InChI is InChI=1S/C14H20BrNO3/c1-14(2,17-3)4-5-16-11-9-13-12(8-10(11)15)18-6-7-19-13/h8-9,16H,4-7H2,1-3H3. The number of hydrogen-bond acceptors (Lipinski definition) is 4. The van der Waals surface area contributed by atoms with Crippen molar-refractivity contribution in [2.45, 2.75) is 25.9 Å². The second-order valence-electron chi connectivity index (χ2n) is 5.12. The van der Waals surface area contributed by atoms with Gasteiger partial charge in [0.2, 0.25) is 0 Å². The molecule has 0 aromatic heterocycles. The third kappa shape index (κ3) is 3.76. The lowest BCUT2D eigenvalue weighted by Crippen LogP contribution is -2.25. The zero-order valence-electron chi connectivity index (χ0n) is 11.6. The van der Waals surface area contributed by atoms with Crippen molar-refractivity contribution in [2.24, 2.45) is 0 Å². The van der Waals surface area contributed by atoms with E-state index in [4.69, 9.17) is 14.2 Å². The fourth-order valence-electron chi connectivity index (χ4n) is 1.80. The fourth-order valence-corrected chi connectivity index (χ4v) is 2.26. The Bertz CT molecular complexity index is 449. The average Bonchev–Trinajstić information content (AvgIpc) is 2.39. The molecule has 1 aliphatic rings. The fraction of sp³-hybridized carbons (Fsp3) is 0.571. The minimum atomic E-state index is -0.118. The summed E-state index contributed by atoms with van der Waals surface area (Å²) in [5, 5.41) is 3.39. The first-order chi connectivity index (χ1) is 9.02. The maximum absolute atomic E-state index is 5.58. The summed E-state index contributed by atoms with van der Waals surface area (Å²) in [5.74, 6) is 1.59. The molecule has 0 saturated carbocycles. The molecule has 0 spiro atoms. The van der Waals surface area contributed by atoms with E-state index in [1.165, 1.54) is 0 Å². The van der Waals surface area contributed by atoms with E-state index in [0.29, 0.717) is 13.2 Å². The number of hydrogen-bond donors (Lipinski definition) is 1. The smallest absolute Gasteiger partial charge is 0.163 e. The van der Waals surface area contributed by atoms with Crippen molar-refractivity contribution in [2.75, 3.05) is 32.2 Å². The van der Waals surface area contributed by atoms with Gasteiger partial charge in [-0.05, 0) is 36.2 Å². The Labute approximate surface area is 122 Å². The lowest BCUT2D eigenvalue weighted by molar-refractivity contribution is 0.0185. The van der Waals surface area contributed by atoms with Crippen LogP contribution >= 0.6 is 15.9 Å². The molecule has 2 rings (SSSR count). The van der Waals surface area contributed by atoms with Gasteiger partial charge in [0, 0.05) is 30.3 Å². The number of halogens is 1. The van der Waals surface area contributed by atoms with Gasteiger partial charge >= 0.3 is 0 Å². The number of rotatable bonds is 5. The molecule has 4 nitrogen and oxygen atoms in total. The molecule has 1 aliphatic heterocycles. The second kappa shape index (κ2) is 6.01. The first kappa shape index (κ1) is 14.5. The van der Waals surface area contributed by atoms with Gasteiger partial charge in [0.1, 0.15) is 13.2 Å². The predicted molar refractivity (Wildman–Crippen MR) is 79.3 cm³/mol. The Morgan fingerprint density at radius 2 is 1.89 bits per heavy atom. The van der Waals surface area contributed by atoms with Crippen LogP contribution in [-0.2, 0) is 4.74 Å². The highest BCUT2D eigenvalue weighted by Crippen LogP contribution is 2.38. The van der Waals surface area contributed by atoms with Crippen LogP contribution in [-0.4, -0.2) is 32.5 Å². The molecular formula is C14H20BrNO3. The number of nitrogens with one attached hydrogen (secondary N) is 1. The number of fused-ring (bicyclic) bond motifs is 1. The molecule has 0 atom stereocenters. The molecule has 0 aliphatic carbocycles. The summed E-state index contributed by atoms with van der Waals surface area (Å²) in [7, 11) is 1.74. The van der Waals surface area contributed by atoms with Crippen LogP contribution in [0.25, 0.3) is 0 Å². The molecule has 19 heavy (non-hydrogen) atoms. The van der Waals surface area contributed by atoms with Crippen molar-refractivity contribution >= 4 is 21.6 Å². The Hall–Kier alpha value is -0.940. The van der Waals surface area contributed by atoms with Gasteiger partial charge in [-0.25, -0.2) is 0 Å². The quantitative estimate of drug-likeness (QED) is 0.898. The molecule has 0 unspecified atom stereocenters. The molecule has 1 heterocycles. The number of benzene rings is 1. The van der Waals surface area contributed by atoms with Crippen LogP contribution in [0.4, 0.5) is 5.69 Å². The van der Waals surface area contributed by atoms with Crippen molar-refractivity contribution in [1.29, 1.82) is 0 Å². The number of ether oxygens (including phenoxy) is 3. The summed E-state index contributed by atoms with van der Waals surface area (Å²) in [6.07, 6.45) is 0.921. The lowest BCUT2D eigenvalue weighted by atomic mass is 10.1. The van der Waals surface area contributed by atoms with E-state index >= 15 is 0 Å². The Morgan fingerprint density at radius 3 is 2.53 bits per heavy atom. The van der Waals surface area contributed by atoms with Crippen LogP contribution in [0.2, 0.25) is 0 Å². The SMILES string of the molecule is COC(C)(C)CCNc1cc2c(cc1Br)OCCO2. The Balaban J connectivity index is 2.00. The Kier molecular flexibility index (Phi) is 4.58. The maximum atomic E-state index is 5.58. The largest absolute Gasteiger partial charge is 0.486 e. The van der Waals surface area contributed by atoms with Gasteiger partial charge < -0.3 is 19.5 Å². The molecule has 0 radical (unpaired) electrons. The first-order valence-electron chi connectivity index (χ1n) is 6.40. The summed E-state index contributed by atoms with van der Waals surface area (Å²) < 4.78 is 17.5. The van der Waals surface area contributed by atoms with Crippen LogP contribution in [0.5, 0.6) is 11.5 Å². The zero-order valence-corrected chi connectivity index (χ0v) is 13.2. The van der Waals surface area contributed by atoms with Crippen LogP contribution < -0.4 is 14.8 Å². The van der Waals surface area contributed by atoms with E-state index in [1.54, 1.807) is 7.11 Å². The summed E-state index contributed by atoms with van der Waals surface area (Å²) in [6.45, 7) is 6.19.